The Bertz CT molecular complexity index is 4640. The average Bonchev–Trinajstić information content (AvgIpc) is 4.08. The lowest BCUT2D eigenvalue weighted by Crippen LogP contribution is -2.11. The van der Waals surface area contributed by atoms with Crippen molar-refractivity contribution in [2.75, 3.05) is 4.90 Å². The summed E-state index contributed by atoms with van der Waals surface area (Å²) in [6.07, 6.45) is 0. The van der Waals surface area contributed by atoms with Gasteiger partial charge in [0.25, 0.3) is 0 Å². The van der Waals surface area contributed by atoms with Crippen molar-refractivity contribution in [3.05, 3.63) is 279 Å². The zero-order valence-electron chi connectivity index (χ0n) is 40.9. The smallest absolute Gasteiger partial charge is 0.143 e. The van der Waals surface area contributed by atoms with Crippen molar-refractivity contribution in [2.45, 2.75) is 0 Å². The third kappa shape index (κ3) is 7.05. The number of para-hydroxylation sites is 2. The average molecular weight is 955 g/mol. The van der Waals surface area contributed by atoms with Gasteiger partial charge in [0.1, 0.15) is 11.2 Å². The van der Waals surface area contributed by atoms with Crippen LogP contribution in [0.2, 0.25) is 0 Å². The van der Waals surface area contributed by atoms with E-state index in [4.69, 9.17) is 4.42 Å². The number of anilines is 3. The topological polar surface area (TPSA) is 21.3 Å². The summed E-state index contributed by atoms with van der Waals surface area (Å²) in [4.78, 5) is 2.42. The van der Waals surface area contributed by atoms with E-state index in [0.29, 0.717) is 0 Å². The van der Waals surface area contributed by atoms with Gasteiger partial charge in [-0.25, -0.2) is 0 Å². The molecule has 350 valence electrons. The summed E-state index contributed by atoms with van der Waals surface area (Å²) in [5, 5.41) is 12.0. The molecule has 2 aromatic heterocycles. The second-order valence-corrected chi connectivity index (χ2v) is 19.6. The van der Waals surface area contributed by atoms with Crippen LogP contribution in [-0.2, 0) is 0 Å². The normalized spacial score (nSPS) is 11.7. The Kier molecular flexibility index (Phi) is 9.89. The van der Waals surface area contributed by atoms with Gasteiger partial charge in [-0.2, -0.15) is 0 Å². The van der Waals surface area contributed by atoms with Crippen molar-refractivity contribution in [3.8, 4) is 50.2 Å². The summed E-state index contributed by atoms with van der Waals surface area (Å²) in [6.45, 7) is 0. The minimum atomic E-state index is 0.886. The molecule has 2 heterocycles. The maximum Gasteiger partial charge on any atom is 0.143 e. The first kappa shape index (κ1) is 42.7. The van der Waals surface area contributed by atoms with Crippen LogP contribution in [0.1, 0.15) is 0 Å². The third-order valence-corrected chi connectivity index (χ3v) is 15.4. The highest BCUT2D eigenvalue weighted by Gasteiger charge is 2.22. The molecule has 0 bridgehead atoms. The lowest BCUT2D eigenvalue weighted by molar-refractivity contribution is 0.673. The molecule has 75 heavy (non-hydrogen) atoms. The number of hydrogen-bond donors (Lipinski definition) is 0. The largest absolute Gasteiger partial charge is 0.455 e. The van der Waals surface area contributed by atoms with Crippen LogP contribution in [0.3, 0.4) is 0 Å². The van der Waals surface area contributed by atoms with Gasteiger partial charge in [-0.1, -0.05) is 200 Å². The van der Waals surface area contributed by atoms with Crippen LogP contribution in [0.15, 0.2) is 283 Å². The molecule has 0 aliphatic heterocycles. The van der Waals surface area contributed by atoms with Crippen LogP contribution < -0.4 is 4.90 Å². The Morgan fingerprint density at radius 2 is 0.867 bits per heavy atom. The van der Waals surface area contributed by atoms with Crippen molar-refractivity contribution in [1.82, 2.24) is 4.57 Å². The Balaban J connectivity index is 0.889. The lowest BCUT2D eigenvalue weighted by atomic mass is 9.91. The van der Waals surface area contributed by atoms with Crippen molar-refractivity contribution < 1.29 is 4.42 Å². The number of hydrogen-bond acceptors (Lipinski definition) is 2. The number of fused-ring (bicyclic) bond motifs is 11. The molecule has 0 atom stereocenters. The molecule has 0 radical (unpaired) electrons. The van der Waals surface area contributed by atoms with E-state index in [9.17, 15) is 0 Å². The molecule has 3 nitrogen and oxygen atoms in total. The number of benzene rings is 13. The Hall–Kier alpha value is -9.96. The van der Waals surface area contributed by atoms with Gasteiger partial charge >= 0.3 is 0 Å². The predicted molar refractivity (Wildman–Crippen MR) is 317 cm³/mol. The molecule has 0 fully saturated rings. The fourth-order valence-corrected chi connectivity index (χ4v) is 11.9. The van der Waals surface area contributed by atoms with E-state index in [2.05, 4.69) is 289 Å². The minimum Gasteiger partial charge on any atom is -0.455 e. The molecule has 3 heteroatoms. The predicted octanol–water partition coefficient (Wildman–Crippen LogP) is 20.3. The van der Waals surface area contributed by atoms with Crippen molar-refractivity contribution in [1.29, 1.82) is 0 Å². The molecule has 0 saturated carbocycles. The molecule has 0 aliphatic rings. The second kappa shape index (κ2) is 17.4. The van der Waals surface area contributed by atoms with Gasteiger partial charge in [-0.05, 0) is 145 Å². The Morgan fingerprint density at radius 3 is 1.61 bits per heavy atom. The molecule has 13 aromatic carbocycles. The molecule has 15 rings (SSSR count). The van der Waals surface area contributed by atoms with Gasteiger partial charge < -0.3 is 13.9 Å². The molecule has 15 aromatic rings. The highest BCUT2D eigenvalue weighted by Crippen LogP contribution is 2.46. The molecule has 0 spiro atoms. The van der Waals surface area contributed by atoms with Gasteiger partial charge in [-0.3, -0.25) is 0 Å². The maximum absolute atomic E-state index is 6.64. The zero-order chi connectivity index (χ0) is 49.4. The van der Waals surface area contributed by atoms with E-state index in [1.165, 1.54) is 59.9 Å². The van der Waals surface area contributed by atoms with Gasteiger partial charge in [0, 0.05) is 49.6 Å². The fourth-order valence-electron chi connectivity index (χ4n) is 11.9. The standard InChI is InChI=1S/C72H46N2O/c1-2-16-48(17-3-1)66-46-53(65-45-52-19-5-6-22-57(52)60-24-8-9-25-61(60)65)37-43-69(66)73(55-40-34-50(35-41-55)58-28-15-31-70-71(58)64-42-36-49-18-4-7-23-59(49)72(64)75-70)54-38-32-47(33-39-54)51-20-14-21-56(44-51)74-67-29-12-10-26-62(67)63-27-11-13-30-68(63)74/h1-46H. The summed E-state index contributed by atoms with van der Waals surface area (Å²) in [5.74, 6) is 0. The quantitative estimate of drug-likeness (QED) is 0.142. The molecule has 0 saturated heterocycles. The SMILES string of the molecule is c1ccc(-c2cc(-c3cc4ccccc4c4ccccc34)ccc2N(c2ccc(-c3cccc(-n4c5ccccc5c5ccccc54)c3)cc2)c2ccc(-c3cccc4oc5c6ccccc6ccc5c34)cc2)cc1. The first-order valence-corrected chi connectivity index (χ1v) is 25.7. The number of nitrogens with zero attached hydrogens (tertiary/aromatic N) is 2. The number of furan rings is 1. The van der Waals surface area contributed by atoms with Crippen LogP contribution in [0.25, 0.3) is 126 Å². The van der Waals surface area contributed by atoms with Crippen LogP contribution >= 0.6 is 0 Å². The van der Waals surface area contributed by atoms with Crippen molar-refractivity contribution in [3.63, 3.8) is 0 Å². The summed E-state index contributed by atoms with van der Waals surface area (Å²) >= 11 is 0. The van der Waals surface area contributed by atoms with Crippen LogP contribution in [0.4, 0.5) is 17.1 Å². The van der Waals surface area contributed by atoms with Gasteiger partial charge in [0.2, 0.25) is 0 Å². The highest BCUT2D eigenvalue weighted by molar-refractivity contribution is 6.19. The van der Waals surface area contributed by atoms with E-state index >= 15 is 0 Å². The minimum absolute atomic E-state index is 0.886. The van der Waals surface area contributed by atoms with Gasteiger partial charge in [-0.15, -0.1) is 0 Å². The molecule has 0 unspecified atom stereocenters. The Morgan fingerprint density at radius 1 is 0.293 bits per heavy atom. The van der Waals surface area contributed by atoms with Gasteiger partial charge in [0.15, 0.2) is 0 Å². The van der Waals surface area contributed by atoms with Gasteiger partial charge in [0.05, 0.1) is 16.7 Å². The van der Waals surface area contributed by atoms with E-state index in [0.717, 1.165) is 83.5 Å². The van der Waals surface area contributed by atoms with Crippen LogP contribution in [-0.4, -0.2) is 4.57 Å². The summed E-state index contributed by atoms with van der Waals surface area (Å²) in [6, 6.07) is 102. The second-order valence-electron chi connectivity index (χ2n) is 19.6. The molecular weight excluding hydrogens is 909 g/mol. The first-order valence-electron chi connectivity index (χ1n) is 25.7. The highest BCUT2D eigenvalue weighted by atomic mass is 16.3. The molecule has 0 amide bonds. The third-order valence-electron chi connectivity index (χ3n) is 15.4. The molecule has 0 aliphatic carbocycles. The monoisotopic (exact) mass is 954 g/mol. The summed E-state index contributed by atoms with van der Waals surface area (Å²) in [5.41, 5.74) is 17.8. The van der Waals surface area contributed by atoms with E-state index in [1.807, 2.05) is 0 Å². The van der Waals surface area contributed by atoms with E-state index in [1.54, 1.807) is 0 Å². The lowest BCUT2D eigenvalue weighted by Gasteiger charge is -2.29. The van der Waals surface area contributed by atoms with E-state index < -0.39 is 0 Å². The Labute approximate surface area is 434 Å². The zero-order valence-corrected chi connectivity index (χ0v) is 40.9. The van der Waals surface area contributed by atoms with Crippen molar-refractivity contribution in [2.24, 2.45) is 0 Å². The number of aromatic nitrogens is 1. The molecular formula is C72H46N2O. The molecule has 0 N–H and O–H groups in total. The first-order chi connectivity index (χ1) is 37.2. The van der Waals surface area contributed by atoms with E-state index in [-0.39, 0.29) is 0 Å². The number of rotatable bonds is 8. The summed E-state index contributed by atoms with van der Waals surface area (Å²) in [7, 11) is 0. The fraction of sp³-hybridized carbons (Fsp3) is 0. The van der Waals surface area contributed by atoms with Crippen LogP contribution in [0.5, 0.6) is 0 Å². The van der Waals surface area contributed by atoms with Crippen molar-refractivity contribution >= 4 is 93.1 Å². The van der Waals surface area contributed by atoms with Crippen LogP contribution in [0, 0.1) is 0 Å². The maximum atomic E-state index is 6.64. The summed E-state index contributed by atoms with van der Waals surface area (Å²) < 4.78 is 9.03.